The third kappa shape index (κ3) is 4.34. The Labute approximate surface area is 171 Å². The molecule has 0 bridgehead atoms. The molecule has 4 rings (SSSR count). The molecule has 0 saturated carbocycles. The molecule has 0 aromatic heterocycles. The van der Waals surface area contributed by atoms with Gasteiger partial charge in [-0.2, -0.15) is 0 Å². The monoisotopic (exact) mass is 402 g/mol. The average molecular weight is 402 g/mol. The van der Waals surface area contributed by atoms with Gasteiger partial charge in [0.15, 0.2) is 11.5 Å². The maximum Gasteiger partial charge on any atom is 0.328 e. The highest BCUT2D eigenvalue weighted by Crippen LogP contribution is 2.38. The Morgan fingerprint density at radius 3 is 2.72 bits per heavy atom. The van der Waals surface area contributed by atoms with Crippen LogP contribution in [0, 0.1) is 0 Å². The first kappa shape index (κ1) is 20.0. The molecule has 0 spiro atoms. The average Bonchev–Trinajstić information content (AvgIpc) is 3.21. The van der Waals surface area contributed by atoms with Crippen molar-refractivity contribution in [3.05, 3.63) is 23.8 Å². The molecule has 1 aromatic rings. The van der Waals surface area contributed by atoms with E-state index in [0.29, 0.717) is 39.3 Å². The molecule has 3 heterocycles. The summed E-state index contributed by atoms with van der Waals surface area (Å²) < 4.78 is 16.6. The van der Waals surface area contributed by atoms with Crippen LogP contribution in [0.25, 0.3) is 0 Å². The number of carbonyl (C=O) groups excluding carboxylic acids is 2. The first-order valence-corrected chi connectivity index (χ1v) is 10.8. The molecule has 1 amide bonds. The van der Waals surface area contributed by atoms with Crippen LogP contribution in [0.3, 0.4) is 0 Å². The van der Waals surface area contributed by atoms with Gasteiger partial charge >= 0.3 is 5.97 Å². The van der Waals surface area contributed by atoms with Crippen LogP contribution >= 0.6 is 0 Å². The zero-order chi connectivity index (χ0) is 20.2. The van der Waals surface area contributed by atoms with Gasteiger partial charge in [-0.3, -0.25) is 9.69 Å². The van der Waals surface area contributed by atoms with Gasteiger partial charge in [0, 0.05) is 12.6 Å². The van der Waals surface area contributed by atoms with Crippen LogP contribution < -0.4 is 9.47 Å². The number of hydrogen-bond donors (Lipinski definition) is 0. The van der Waals surface area contributed by atoms with Gasteiger partial charge in [-0.15, -0.1) is 0 Å². The number of hydrogen-bond acceptors (Lipinski definition) is 6. The third-order valence-electron chi connectivity index (χ3n) is 6.03. The topological polar surface area (TPSA) is 68.3 Å². The molecule has 0 N–H and O–H groups in total. The lowest BCUT2D eigenvalue weighted by atomic mass is 10.0. The zero-order valence-electron chi connectivity index (χ0n) is 17.1. The summed E-state index contributed by atoms with van der Waals surface area (Å²) in [7, 11) is 0. The van der Waals surface area contributed by atoms with Gasteiger partial charge in [0.25, 0.3) is 0 Å². The molecule has 7 heteroatoms. The van der Waals surface area contributed by atoms with E-state index in [1.165, 1.54) is 0 Å². The van der Waals surface area contributed by atoms with E-state index in [1.807, 2.05) is 12.1 Å². The summed E-state index contributed by atoms with van der Waals surface area (Å²) in [6, 6.07) is 5.82. The van der Waals surface area contributed by atoms with Crippen molar-refractivity contribution < 1.29 is 23.8 Å². The minimum absolute atomic E-state index is 0.0206. The Kier molecular flexibility index (Phi) is 6.23. The highest BCUT2D eigenvalue weighted by atomic mass is 16.6. The van der Waals surface area contributed by atoms with E-state index in [-0.39, 0.29) is 17.9 Å². The van der Waals surface area contributed by atoms with E-state index in [9.17, 15) is 9.59 Å². The van der Waals surface area contributed by atoms with Crippen molar-refractivity contribution in [1.82, 2.24) is 9.80 Å². The zero-order valence-corrected chi connectivity index (χ0v) is 17.1. The van der Waals surface area contributed by atoms with Crippen LogP contribution in [-0.4, -0.2) is 67.2 Å². The van der Waals surface area contributed by atoms with Gasteiger partial charge in [0.1, 0.15) is 19.3 Å². The Morgan fingerprint density at radius 1 is 1.07 bits per heavy atom. The smallest absolute Gasteiger partial charge is 0.328 e. The summed E-state index contributed by atoms with van der Waals surface area (Å²) in [6.45, 7) is 5.12. The molecule has 1 aromatic carbocycles. The molecular weight excluding hydrogens is 372 g/mol. The normalized spacial score (nSPS) is 24.4. The standard InChI is InChI=1S/C22H30N2O5/c1-2-27-22(26)18-6-3-4-11-24(18)21(25)15-23-10-5-7-17(23)16-8-9-19-20(14-16)29-13-12-28-19/h8-9,14,17-18H,2-7,10-13,15H2,1H3/t17-,18-/m1/s1. The maximum atomic E-state index is 13.1. The second-order valence-corrected chi connectivity index (χ2v) is 7.88. The maximum absolute atomic E-state index is 13.1. The highest BCUT2D eigenvalue weighted by molar-refractivity contribution is 5.86. The molecule has 0 radical (unpaired) electrons. The summed E-state index contributed by atoms with van der Waals surface area (Å²) in [4.78, 5) is 29.4. The van der Waals surface area contributed by atoms with Crippen molar-refractivity contribution in [2.75, 3.05) is 39.5 Å². The molecule has 7 nitrogen and oxygen atoms in total. The second-order valence-electron chi connectivity index (χ2n) is 7.88. The fourth-order valence-electron chi connectivity index (χ4n) is 4.64. The Bertz CT molecular complexity index is 753. The Morgan fingerprint density at radius 2 is 1.90 bits per heavy atom. The van der Waals surface area contributed by atoms with Crippen molar-refractivity contribution in [3.8, 4) is 11.5 Å². The van der Waals surface area contributed by atoms with Gasteiger partial charge in [-0.05, 0) is 63.3 Å². The predicted molar refractivity (Wildman–Crippen MR) is 107 cm³/mol. The molecule has 3 aliphatic rings. The quantitative estimate of drug-likeness (QED) is 0.705. The van der Waals surface area contributed by atoms with E-state index < -0.39 is 6.04 Å². The van der Waals surface area contributed by atoms with Crippen LogP contribution in [0.1, 0.15) is 50.6 Å². The molecule has 3 aliphatic heterocycles. The molecule has 158 valence electrons. The molecule has 2 fully saturated rings. The minimum atomic E-state index is -0.438. The van der Waals surface area contributed by atoms with Crippen molar-refractivity contribution >= 4 is 11.9 Å². The fourth-order valence-corrected chi connectivity index (χ4v) is 4.64. The lowest BCUT2D eigenvalue weighted by Gasteiger charge is -2.36. The van der Waals surface area contributed by atoms with Crippen LogP contribution in [0.4, 0.5) is 0 Å². The first-order valence-electron chi connectivity index (χ1n) is 10.8. The number of rotatable bonds is 5. The molecular formula is C22H30N2O5. The lowest BCUT2D eigenvalue weighted by molar-refractivity contribution is -0.157. The lowest BCUT2D eigenvalue weighted by Crippen LogP contribution is -2.51. The van der Waals surface area contributed by atoms with Gasteiger partial charge in [-0.25, -0.2) is 4.79 Å². The summed E-state index contributed by atoms with van der Waals surface area (Å²) in [5, 5.41) is 0. The third-order valence-corrected chi connectivity index (χ3v) is 6.03. The molecule has 0 aliphatic carbocycles. The highest BCUT2D eigenvalue weighted by Gasteiger charge is 2.36. The van der Waals surface area contributed by atoms with Crippen molar-refractivity contribution in [2.45, 2.75) is 51.1 Å². The van der Waals surface area contributed by atoms with Crippen molar-refractivity contribution in [3.63, 3.8) is 0 Å². The Hall–Kier alpha value is -2.28. The van der Waals surface area contributed by atoms with Gasteiger partial charge in [0.05, 0.1) is 13.2 Å². The number of fused-ring (bicyclic) bond motifs is 1. The minimum Gasteiger partial charge on any atom is -0.486 e. The van der Waals surface area contributed by atoms with E-state index in [4.69, 9.17) is 14.2 Å². The second kappa shape index (κ2) is 9.03. The number of piperidine rings is 1. The van der Waals surface area contributed by atoms with Gasteiger partial charge in [-0.1, -0.05) is 6.07 Å². The van der Waals surface area contributed by atoms with Crippen molar-refractivity contribution in [2.24, 2.45) is 0 Å². The number of carbonyl (C=O) groups is 2. The summed E-state index contributed by atoms with van der Waals surface area (Å²) in [5.74, 6) is 1.31. The first-order chi connectivity index (χ1) is 14.2. The molecule has 29 heavy (non-hydrogen) atoms. The van der Waals surface area contributed by atoms with Gasteiger partial charge < -0.3 is 19.1 Å². The van der Waals surface area contributed by atoms with E-state index in [2.05, 4.69) is 11.0 Å². The molecule has 0 unspecified atom stereocenters. The van der Waals surface area contributed by atoms with E-state index in [0.717, 1.165) is 49.3 Å². The predicted octanol–water partition coefficient (Wildman–Crippen LogP) is 2.54. The van der Waals surface area contributed by atoms with E-state index >= 15 is 0 Å². The van der Waals surface area contributed by atoms with Crippen LogP contribution in [0.15, 0.2) is 18.2 Å². The fraction of sp³-hybridized carbons (Fsp3) is 0.636. The number of ether oxygens (including phenoxy) is 3. The number of likely N-dealkylation sites (tertiary alicyclic amines) is 2. The van der Waals surface area contributed by atoms with Crippen molar-refractivity contribution in [1.29, 1.82) is 0 Å². The summed E-state index contributed by atoms with van der Waals surface area (Å²) >= 11 is 0. The number of esters is 1. The summed E-state index contributed by atoms with van der Waals surface area (Å²) in [6.07, 6.45) is 4.64. The molecule has 2 atom stereocenters. The van der Waals surface area contributed by atoms with Gasteiger partial charge in [0.2, 0.25) is 5.91 Å². The van der Waals surface area contributed by atoms with Crippen LogP contribution in [0.2, 0.25) is 0 Å². The van der Waals surface area contributed by atoms with Crippen LogP contribution in [0.5, 0.6) is 11.5 Å². The Balaban J connectivity index is 1.45. The van der Waals surface area contributed by atoms with Crippen LogP contribution in [-0.2, 0) is 14.3 Å². The number of benzene rings is 1. The molecule has 2 saturated heterocycles. The summed E-state index contributed by atoms with van der Waals surface area (Å²) in [5.41, 5.74) is 1.15. The SMILES string of the molecule is CCOC(=O)[C@H]1CCCCN1C(=O)CN1CCC[C@@H]1c1ccc2c(c1)OCCO2. The van der Waals surface area contributed by atoms with E-state index in [1.54, 1.807) is 11.8 Å². The number of amides is 1. The number of nitrogens with zero attached hydrogens (tertiary/aromatic N) is 2. The largest absolute Gasteiger partial charge is 0.486 e.